The van der Waals surface area contributed by atoms with E-state index in [1.807, 2.05) is 12.1 Å². The number of methoxy groups -OCH3 is 1. The van der Waals surface area contributed by atoms with Crippen LogP contribution < -0.4 is 15.4 Å². The number of anilines is 2. The van der Waals surface area contributed by atoms with Crippen molar-refractivity contribution < 1.29 is 4.74 Å². The van der Waals surface area contributed by atoms with Crippen molar-refractivity contribution in [3.8, 4) is 5.88 Å². The zero-order valence-electron chi connectivity index (χ0n) is 11.4. The predicted molar refractivity (Wildman–Crippen MR) is 75.0 cm³/mol. The van der Waals surface area contributed by atoms with E-state index >= 15 is 0 Å². The van der Waals surface area contributed by atoms with Crippen LogP contribution in [0.25, 0.3) is 0 Å². The van der Waals surface area contributed by atoms with Crippen molar-refractivity contribution in [3.05, 3.63) is 12.1 Å². The lowest BCUT2D eigenvalue weighted by atomic mass is 9.98. The molecule has 0 aromatic carbocycles. The van der Waals surface area contributed by atoms with Crippen LogP contribution in [-0.2, 0) is 0 Å². The summed E-state index contributed by atoms with van der Waals surface area (Å²) in [5.41, 5.74) is 6.40. The number of hydrogen-bond acceptors (Lipinski definition) is 4. The minimum Gasteiger partial charge on any atom is -0.479 e. The van der Waals surface area contributed by atoms with Gasteiger partial charge in [-0.2, -0.15) is 4.98 Å². The normalized spacial score (nSPS) is 20.6. The van der Waals surface area contributed by atoms with E-state index in [9.17, 15) is 0 Å². The molecule has 0 aliphatic carbocycles. The fraction of sp³-hybridized carbons (Fsp3) is 0.643. The van der Waals surface area contributed by atoms with E-state index in [4.69, 9.17) is 10.5 Å². The highest BCUT2D eigenvalue weighted by atomic mass is 16.5. The van der Waals surface area contributed by atoms with E-state index in [1.54, 1.807) is 7.11 Å². The van der Waals surface area contributed by atoms with Gasteiger partial charge < -0.3 is 15.4 Å². The van der Waals surface area contributed by atoms with Gasteiger partial charge in [0.15, 0.2) is 0 Å². The van der Waals surface area contributed by atoms with Crippen LogP contribution in [0.15, 0.2) is 12.1 Å². The van der Waals surface area contributed by atoms with Crippen LogP contribution in [0.3, 0.4) is 0 Å². The third kappa shape index (κ3) is 2.86. The first kappa shape index (κ1) is 13.0. The summed E-state index contributed by atoms with van der Waals surface area (Å²) >= 11 is 0. The molecule has 0 spiro atoms. The average molecular weight is 249 g/mol. The molecule has 4 nitrogen and oxygen atoms in total. The third-order valence-corrected chi connectivity index (χ3v) is 3.82. The molecule has 0 bridgehead atoms. The first-order chi connectivity index (χ1) is 8.74. The van der Waals surface area contributed by atoms with Crippen molar-refractivity contribution >= 4 is 11.5 Å². The van der Waals surface area contributed by atoms with Gasteiger partial charge in [0, 0.05) is 13.1 Å². The molecule has 0 saturated carbocycles. The van der Waals surface area contributed by atoms with Gasteiger partial charge >= 0.3 is 0 Å². The molecule has 1 saturated heterocycles. The Hall–Kier alpha value is -1.45. The lowest BCUT2D eigenvalue weighted by Gasteiger charge is -2.22. The van der Waals surface area contributed by atoms with Gasteiger partial charge in [0.2, 0.25) is 5.88 Å². The Morgan fingerprint density at radius 2 is 2.22 bits per heavy atom. The van der Waals surface area contributed by atoms with Gasteiger partial charge in [-0.3, -0.25) is 0 Å². The summed E-state index contributed by atoms with van der Waals surface area (Å²) in [5.74, 6) is 2.38. The fourth-order valence-electron chi connectivity index (χ4n) is 2.58. The van der Waals surface area contributed by atoms with Crippen molar-refractivity contribution in [1.29, 1.82) is 0 Å². The van der Waals surface area contributed by atoms with Crippen LogP contribution in [0.2, 0.25) is 0 Å². The van der Waals surface area contributed by atoms with E-state index in [0.717, 1.165) is 24.8 Å². The number of nitrogens with two attached hydrogens (primary N) is 1. The quantitative estimate of drug-likeness (QED) is 0.895. The second-order valence-electron chi connectivity index (χ2n) is 4.96. The van der Waals surface area contributed by atoms with Crippen molar-refractivity contribution in [3.63, 3.8) is 0 Å². The molecule has 4 heteroatoms. The standard InChI is InChI=1S/C14H23N3O/c1-3-11-5-4-9-17(10-8-11)13-7-6-12(15)14(16-13)18-2/h6-7,11H,3-5,8-10,15H2,1-2H3. The summed E-state index contributed by atoms with van der Waals surface area (Å²) in [6.45, 7) is 4.44. The summed E-state index contributed by atoms with van der Waals surface area (Å²) in [4.78, 5) is 6.83. The molecule has 1 aliphatic heterocycles. The molecule has 2 N–H and O–H groups in total. The van der Waals surface area contributed by atoms with E-state index in [2.05, 4.69) is 16.8 Å². The summed E-state index contributed by atoms with van der Waals surface area (Å²) < 4.78 is 5.19. The van der Waals surface area contributed by atoms with Gasteiger partial charge in [-0.25, -0.2) is 0 Å². The minimum absolute atomic E-state index is 0.531. The summed E-state index contributed by atoms with van der Waals surface area (Å²) in [5, 5.41) is 0. The maximum Gasteiger partial charge on any atom is 0.238 e. The SMILES string of the molecule is CCC1CCCN(c2ccc(N)c(OC)n2)CC1. The highest BCUT2D eigenvalue weighted by molar-refractivity contribution is 5.54. The maximum absolute atomic E-state index is 5.80. The van der Waals surface area contributed by atoms with E-state index in [1.165, 1.54) is 25.7 Å². The van der Waals surface area contributed by atoms with Gasteiger partial charge in [-0.15, -0.1) is 0 Å². The molecule has 2 rings (SSSR count). The Bertz CT molecular complexity index is 395. The Morgan fingerprint density at radius 1 is 1.39 bits per heavy atom. The minimum atomic E-state index is 0.531. The monoisotopic (exact) mass is 249 g/mol. The third-order valence-electron chi connectivity index (χ3n) is 3.82. The number of nitrogens with zero attached hydrogens (tertiary/aromatic N) is 2. The smallest absolute Gasteiger partial charge is 0.238 e. The molecular weight excluding hydrogens is 226 g/mol. The van der Waals surface area contributed by atoms with Gasteiger partial charge in [0.1, 0.15) is 5.82 Å². The molecule has 18 heavy (non-hydrogen) atoms. The number of rotatable bonds is 3. The molecule has 0 amide bonds. The summed E-state index contributed by atoms with van der Waals surface area (Å²) in [7, 11) is 1.61. The van der Waals surface area contributed by atoms with Crippen molar-refractivity contribution in [2.45, 2.75) is 32.6 Å². The first-order valence-corrected chi connectivity index (χ1v) is 6.80. The molecule has 1 atom stereocenters. The Balaban J connectivity index is 2.11. The van der Waals surface area contributed by atoms with Crippen LogP contribution in [0.5, 0.6) is 5.88 Å². The lowest BCUT2D eigenvalue weighted by Crippen LogP contribution is -2.25. The number of pyridine rings is 1. The van der Waals surface area contributed by atoms with Gasteiger partial charge in [-0.1, -0.05) is 13.3 Å². The largest absolute Gasteiger partial charge is 0.479 e. The highest BCUT2D eigenvalue weighted by Crippen LogP contribution is 2.26. The van der Waals surface area contributed by atoms with Crippen molar-refractivity contribution in [2.24, 2.45) is 5.92 Å². The Labute approximate surface area is 109 Å². The second kappa shape index (κ2) is 5.94. The van der Waals surface area contributed by atoms with Gasteiger partial charge in [0.05, 0.1) is 12.8 Å². The molecular formula is C14H23N3O. The zero-order valence-corrected chi connectivity index (χ0v) is 11.4. The predicted octanol–water partition coefficient (Wildman–Crippen LogP) is 2.69. The second-order valence-corrected chi connectivity index (χ2v) is 4.96. The Kier molecular flexibility index (Phi) is 4.28. The van der Waals surface area contributed by atoms with Crippen LogP contribution in [0.4, 0.5) is 11.5 Å². The number of aromatic nitrogens is 1. The number of ether oxygens (including phenoxy) is 1. The molecule has 1 fully saturated rings. The molecule has 1 aliphatic rings. The maximum atomic E-state index is 5.80. The highest BCUT2D eigenvalue weighted by Gasteiger charge is 2.17. The molecule has 100 valence electrons. The first-order valence-electron chi connectivity index (χ1n) is 6.80. The molecule has 1 unspecified atom stereocenters. The van der Waals surface area contributed by atoms with E-state index < -0.39 is 0 Å². The van der Waals surface area contributed by atoms with Crippen molar-refractivity contribution in [1.82, 2.24) is 4.98 Å². The molecule has 1 aromatic rings. The van der Waals surface area contributed by atoms with Crippen molar-refractivity contribution in [2.75, 3.05) is 30.8 Å². The molecule has 1 aromatic heterocycles. The van der Waals surface area contributed by atoms with E-state index in [-0.39, 0.29) is 0 Å². The van der Waals surface area contributed by atoms with Gasteiger partial charge in [0.25, 0.3) is 0 Å². The van der Waals surface area contributed by atoms with Gasteiger partial charge in [-0.05, 0) is 37.3 Å². The van der Waals surface area contributed by atoms with E-state index in [0.29, 0.717) is 11.6 Å². The Morgan fingerprint density at radius 3 is 2.94 bits per heavy atom. The van der Waals surface area contributed by atoms with Crippen LogP contribution >= 0.6 is 0 Å². The average Bonchev–Trinajstić information content (AvgIpc) is 2.64. The topological polar surface area (TPSA) is 51.4 Å². The molecule has 2 heterocycles. The number of nitrogen functional groups attached to an aromatic ring is 1. The summed E-state index contributed by atoms with van der Waals surface area (Å²) in [6.07, 6.45) is 5.11. The molecule has 0 radical (unpaired) electrons. The lowest BCUT2D eigenvalue weighted by molar-refractivity contribution is 0.400. The zero-order chi connectivity index (χ0) is 13.0. The number of hydrogen-bond donors (Lipinski definition) is 1. The van der Waals surface area contributed by atoms with Crippen LogP contribution in [0.1, 0.15) is 32.6 Å². The summed E-state index contributed by atoms with van der Waals surface area (Å²) in [6, 6.07) is 3.87. The fourth-order valence-corrected chi connectivity index (χ4v) is 2.58. The van der Waals surface area contributed by atoms with Crippen LogP contribution in [0, 0.1) is 5.92 Å². The van der Waals surface area contributed by atoms with Crippen LogP contribution in [-0.4, -0.2) is 25.2 Å².